The van der Waals surface area contributed by atoms with E-state index in [9.17, 15) is 19.4 Å². The zero-order valence-electron chi connectivity index (χ0n) is 17.0. The van der Waals surface area contributed by atoms with E-state index in [4.69, 9.17) is 0 Å². The number of aliphatic hydroxyl groups is 2. The minimum absolute atomic E-state index is 0.0633. The second-order valence-corrected chi connectivity index (χ2v) is 8.94. The number of benzene rings is 1. The molecule has 2 saturated heterocycles. The fraction of sp³-hybridized carbons (Fsp3) is 0.682. The molecule has 29 heavy (non-hydrogen) atoms. The minimum atomic E-state index is -0.860. The Kier molecular flexibility index (Phi) is 6.20. The third-order valence-electron chi connectivity index (χ3n) is 7.15. The maximum atomic E-state index is 13.5. The first-order valence-corrected chi connectivity index (χ1v) is 10.8. The van der Waals surface area contributed by atoms with Gasteiger partial charge in [0.25, 0.3) is 0 Å². The van der Waals surface area contributed by atoms with Gasteiger partial charge in [-0.3, -0.25) is 9.69 Å². The summed E-state index contributed by atoms with van der Waals surface area (Å²) >= 11 is 0. The van der Waals surface area contributed by atoms with Crippen LogP contribution in [0.1, 0.15) is 18.9 Å². The molecule has 160 valence electrons. The molecule has 1 aromatic rings. The quantitative estimate of drug-likeness (QED) is 0.690. The zero-order chi connectivity index (χ0) is 20.5. The molecule has 3 fully saturated rings. The molecule has 0 unspecified atom stereocenters. The number of aliphatic hydroxyl groups excluding tert-OH is 2. The van der Waals surface area contributed by atoms with E-state index in [0.717, 1.165) is 25.1 Å². The number of nitrogens with zero attached hydrogens (tertiary/aromatic N) is 2. The van der Waals surface area contributed by atoms with Crippen molar-refractivity contribution in [3.05, 3.63) is 35.6 Å². The summed E-state index contributed by atoms with van der Waals surface area (Å²) in [6.45, 7) is 6.90. The van der Waals surface area contributed by atoms with Crippen LogP contribution in [0.2, 0.25) is 0 Å². The lowest BCUT2D eigenvalue weighted by atomic mass is 9.65. The Labute approximate surface area is 171 Å². The van der Waals surface area contributed by atoms with Gasteiger partial charge in [-0.1, -0.05) is 19.1 Å². The van der Waals surface area contributed by atoms with Gasteiger partial charge in [0.1, 0.15) is 5.82 Å². The van der Waals surface area contributed by atoms with E-state index in [1.807, 2.05) is 17.9 Å². The van der Waals surface area contributed by atoms with Crippen molar-refractivity contribution in [2.45, 2.75) is 32.1 Å². The highest BCUT2D eigenvalue weighted by atomic mass is 19.1. The van der Waals surface area contributed by atoms with Gasteiger partial charge >= 0.3 is 0 Å². The van der Waals surface area contributed by atoms with Gasteiger partial charge < -0.3 is 20.4 Å². The SMILES string of the molecule is C[C@H]1[C@H](O)[C@@H](O)[C@H]2CNC[C@@H]2[C@H]1C(=O)N1CCCN(Cc2cccc(F)c2)CC1. The Morgan fingerprint density at radius 1 is 1.14 bits per heavy atom. The molecular formula is C22H32FN3O3. The number of carbonyl (C=O) groups is 1. The van der Waals surface area contributed by atoms with Crippen molar-refractivity contribution < 1.29 is 19.4 Å². The smallest absolute Gasteiger partial charge is 0.226 e. The van der Waals surface area contributed by atoms with Crippen molar-refractivity contribution >= 4 is 5.91 Å². The van der Waals surface area contributed by atoms with Crippen LogP contribution in [-0.4, -0.2) is 77.4 Å². The van der Waals surface area contributed by atoms with E-state index < -0.39 is 12.2 Å². The molecule has 1 aromatic carbocycles. The zero-order valence-corrected chi connectivity index (χ0v) is 17.0. The first-order chi connectivity index (χ1) is 14.0. The summed E-state index contributed by atoms with van der Waals surface area (Å²) in [6, 6.07) is 6.68. The van der Waals surface area contributed by atoms with Gasteiger partial charge in [0.2, 0.25) is 5.91 Å². The van der Waals surface area contributed by atoms with Crippen LogP contribution >= 0.6 is 0 Å². The number of rotatable bonds is 3. The Morgan fingerprint density at radius 2 is 1.93 bits per heavy atom. The van der Waals surface area contributed by atoms with Gasteiger partial charge in [-0.15, -0.1) is 0 Å². The number of hydrogen-bond acceptors (Lipinski definition) is 5. The van der Waals surface area contributed by atoms with Crippen molar-refractivity contribution in [1.29, 1.82) is 0 Å². The topological polar surface area (TPSA) is 76.0 Å². The summed E-state index contributed by atoms with van der Waals surface area (Å²) in [5.41, 5.74) is 0.947. The summed E-state index contributed by atoms with van der Waals surface area (Å²) in [5, 5.41) is 24.2. The molecule has 2 heterocycles. The van der Waals surface area contributed by atoms with Crippen molar-refractivity contribution in [2.24, 2.45) is 23.7 Å². The Hall–Kier alpha value is -1.54. The normalized spacial score (nSPS) is 35.9. The molecule has 1 aliphatic carbocycles. The number of fused-ring (bicyclic) bond motifs is 1. The number of nitrogens with one attached hydrogen (secondary N) is 1. The molecule has 3 aliphatic rings. The fourth-order valence-electron chi connectivity index (χ4n) is 5.52. The molecule has 1 amide bonds. The van der Waals surface area contributed by atoms with Gasteiger partial charge in [0.15, 0.2) is 0 Å². The highest BCUT2D eigenvalue weighted by molar-refractivity contribution is 5.80. The average Bonchev–Trinajstić information content (AvgIpc) is 3.06. The first kappa shape index (κ1) is 20.7. The second kappa shape index (κ2) is 8.68. The summed E-state index contributed by atoms with van der Waals surface area (Å²) in [4.78, 5) is 17.7. The van der Waals surface area contributed by atoms with E-state index in [0.29, 0.717) is 32.7 Å². The molecule has 4 rings (SSSR count). The molecule has 1 saturated carbocycles. The Morgan fingerprint density at radius 3 is 2.72 bits per heavy atom. The average molecular weight is 406 g/mol. The van der Waals surface area contributed by atoms with Crippen molar-refractivity contribution in [3.8, 4) is 0 Å². The van der Waals surface area contributed by atoms with Crippen molar-refractivity contribution in [2.75, 3.05) is 39.3 Å². The van der Waals surface area contributed by atoms with Crippen LogP contribution in [0, 0.1) is 29.5 Å². The predicted octanol–water partition coefficient (Wildman–Crippen LogP) is 0.683. The molecule has 2 aliphatic heterocycles. The Balaban J connectivity index is 1.41. The number of hydrogen-bond donors (Lipinski definition) is 3. The maximum Gasteiger partial charge on any atom is 0.226 e. The minimum Gasteiger partial charge on any atom is -0.390 e. The van der Waals surface area contributed by atoms with Gasteiger partial charge in [-0.2, -0.15) is 0 Å². The highest BCUT2D eigenvalue weighted by Crippen LogP contribution is 2.42. The fourth-order valence-corrected chi connectivity index (χ4v) is 5.52. The number of carbonyl (C=O) groups excluding carboxylic acids is 1. The van der Waals surface area contributed by atoms with Gasteiger partial charge in [-0.05, 0) is 42.5 Å². The molecule has 7 heteroatoms. The largest absolute Gasteiger partial charge is 0.390 e. The number of halogens is 1. The van der Waals surface area contributed by atoms with Crippen LogP contribution in [-0.2, 0) is 11.3 Å². The van der Waals surface area contributed by atoms with E-state index in [1.165, 1.54) is 6.07 Å². The lowest BCUT2D eigenvalue weighted by Crippen LogP contribution is -2.56. The summed E-state index contributed by atoms with van der Waals surface area (Å²) < 4.78 is 13.5. The second-order valence-electron chi connectivity index (χ2n) is 8.94. The van der Waals surface area contributed by atoms with Gasteiger partial charge in [0.05, 0.1) is 12.2 Å². The van der Waals surface area contributed by atoms with Crippen LogP contribution in [0.15, 0.2) is 24.3 Å². The van der Waals surface area contributed by atoms with E-state index in [2.05, 4.69) is 10.2 Å². The number of amides is 1. The lowest BCUT2D eigenvalue weighted by molar-refractivity contribution is -0.155. The molecule has 3 N–H and O–H groups in total. The van der Waals surface area contributed by atoms with Crippen LogP contribution in [0.5, 0.6) is 0 Å². The first-order valence-electron chi connectivity index (χ1n) is 10.8. The van der Waals surface area contributed by atoms with Gasteiger partial charge in [0, 0.05) is 51.1 Å². The van der Waals surface area contributed by atoms with Crippen molar-refractivity contribution in [1.82, 2.24) is 15.1 Å². The van der Waals surface area contributed by atoms with Crippen LogP contribution in [0.3, 0.4) is 0 Å². The summed E-state index contributed by atoms with van der Waals surface area (Å²) in [5.74, 6) is -0.627. The van der Waals surface area contributed by atoms with Crippen LogP contribution in [0.4, 0.5) is 4.39 Å². The van der Waals surface area contributed by atoms with Crippen LogP contribution in [0.25, 0.3) is 0 Å². The summed E-state index contributed by atoms with van der Waals surface area (Å²) in [7, 11) is 0. The lowest BCUT2D eigenvalue weighted by Gasteiger charge is -2.44. The predicted molar refractivity (Wildman–Crippen MR) is 107 cm³/mol. The molecular weight excluding hydrogens is 373 g/mol. The monoisotopic (exact) mass is 405 g/mol. The molecule has 0 bridgehead atoms. The third-order valence-corrected chi connectivity index (χ3v) is 7.15. The van der Waals surface area contributed by atoms with Crippen molar-refractivity contribution in [3.63, 3.8) is 0 Å². The molecule has 0 radical (unpaired) electrons. The van der Waals surface area contributed by atoms with E-state index in [-0.39, 0.29) is 35.4 Å². The Bertz CT molecular complexity index is 733. The highest BCUT2D eigenvalue weighted by Gasteiger charge is 2.52. The van der Waals surface area contributed by atoms with E-state index in [1.54, 1.807) is 12.1 Å². The molecule has 0 spiro atoms. The van der Waals surface area contributed by atoms with E-state index >= 15 is 0 Å². The summed E-state index contributed by atoms with van der Waals surface area (Å²) in [6.07, 6.45) is -0.749. The van der Waals surface area contributed by atoms with Crippen LogP contribution < -0.4 is 5.32 Å². The van der Waals surface area contributed by atoms with Gasteiger partial charge in [-0.25, -0.2) is 4.39 Å². The molecule has 6 atom stereocenters. The standard InChI is InChI=1S/C22H32FN3O3/c1-14-19(17-11-24-12-18(17)21(28)20(14)27)22(29)26-7-3-6-25(8-9-26)13-15-4-2-5-16(23)10-15/h2,4-5,10,14,17-21,24,27-28H,3,6-9,11-13H2,1H3/t14-,17+,18+,19+,20+,21+/m1/s1. The third kappa shape index (κ3) is 4.19. The molecule has 6 nitrogen and oxygen atoms in total. The molecule has 0 aromatic heterocycles. The maximum absolute atomic E-state index is 13.5.